The Hall–Kier alpha value is -0.120. The molecule has 1 heterocycles. The van der Waals surface area contributed by atoms with E-state index in [-0.39, 0.29) is 0 Å². The van der Waals surface area contributed by atoms with E-state index in [1.54, 1.807) is 0 Å². The SMILES string of the molecule is CCC(CN)N(C)CC1CCCN1C. The average molecular weight is 199 g/mol. The molecule has 0 spiro atoms. The van der Waals surface area contributed by atoms with Gasteiger partial charge in [-0.1, -0.05) is 6.92 Å². The molecule has 2 N–H and O–H groups in total. The topological polar surface area (TPSA) is 32.5 Å². The highest BCUT2D eigenvalue weighted by atomic mass is 15.2. The molecule has 1 rings (SSSR count). The van der Waals surface area contributed by atoms with Crippen LogP contribution in [0, 0.1) is 0 Å². The van der Waals surface area contributed by atoms with Crippen LogP contribution >= 0.6 is 0 Å². The predicted octanol–water partition coefficient (Wildman–Crippen LogP) is 0.750. The Morgan fingerprint density at radius 1 is 1.57 bits per heavy atom. The summed E-state index contributed by atoms with van der Waals surface area (Å²) < 4.78 is 0. The van der Waals surface area contributed by atoms with E-state index in [0.717, 1.165) is 19.0 Å². The lowest BCUT2D eigenvalue weighted by atomic mass is 10.1. The summed E-state index contributed by atoms with van der Waals surface area (Å²) in [6.07, 6.45) is 3.86. The fourth-order valence-electron chi connectivity index (χ4n) is 2.35. The Kier molecular flexibility index (Phi) is 4.85. The van der Waals surface area contributed by atoms with Crippen LogP contribution in [0.15, 0.2) is 0 Å². The number of hydrogen-bond acceptors (Lipinski definition) is 3. The van der Waals surface area contributed by atoms with Crippen LogP contribution in [0.25, 0.3) is 0 Å². The molecule has 3 heteroatoms. The van der Waals surface area contributed by atoms with Gasteiger partial charge < -0.3 is 15.5 Å². The second kappa shape index (κ2) is 5.69. The molecule has 0 bridgehead atoms. The van der Waals surface area contributed by atoms with E-state index in [2.05, 4.69) is 30.8 Å². The zero-order valence-corrected chi connectivity index (χ0v) is 9.87. The van der Waals surface area contributed by atoms with Crippen molar-refractivity contribution in [2.75, 3.05) is 33.7 Å². The lowest BCUT2D eigenvalue weighted by Gasteiger charge is -2.31. The summed E-state index contributed by atoms with van der Waals surface area (Å²) in [4.78, 5) is 4.90. The third-order valence-corrected chi connectivity index (χ3v) is 3.54. The summed E-state index contributed by atoms with van der Waals surface area (Å²) in [6, 6.07) is 1.31. The van der Waals surface area contributed by atoms with Crippen molar-refractivity contribution in [3.63, 3.8) is 0 Å². The van der Waals surface area contributed by atoms with E-state index in [0.29, 0.717) is 6.04 Å². The molecule has 1 aliphatic rings. The maximum absolute atomic E-state index is 5.74. The highest BCUT2D eigenvalue weighted by molar-refractivity contribution is 4.81. The number of rotatable bonds is 5. The third-order valence-electron chi connectivity index (χ3n) is 3.54. The van der Waals surface area contributed by atoms with Crippen molar-refractivity contribution in [1.82, 2.24) is 9.80 Å². The molecule has 3 nitrogen and oxygen atoms in total. The highest BCUT2D eigenvalue weighted by Gasteiger charge is 2.23. The van der Waals surface area contributed by atoms with Gasteiger partial charge in [-0.3, -0.25) is 0 Å². The fourth-order valence-corrected chi connectivity index (χ4v) is 2.35. The van der Waals surface area contributed by atoms with Crippen molar-refractivity contribution in [2.45, 2.75) is 38.3 Å². The van der Waals surface area contributed by atoms with Crippen LogP contribution in [0.2, 0.25) is 0 Å². The van der Waals surface area contributed by atoms with Gasteiger partial charge in [0.05, 0.1) is 0 Å². The van der Waals surface area contributed by atoms with E-state index < -0.39 is 0 Å². The lowest BCUT2D eigenvalue weighted by molar-refractivity contribution is 0.176. The molecule has 84 valence electrons. The van der Waals surface area contributed by atoms with Crippen molar-refractivity contribution in [1.29, 1.82) is 0 Å². The summed E-state index contributed by atoms with van der Waals surface area (Å²) in [6.45, 7) is 5.43. The van der Waals surface area contributed by atoms with Crippen molar-refractivity contribution in [3.05, 3.63) is 0 Å². The van der Waals surface area contributed by atoms with E-state index in [9.17, 15) is 0 Å². The third kappa shape index (κ3) is 2.94. The fraction of sp³-hybridized carbons (Fsp3) is 1.00. The van der Waals surface area contributed by atoms with Gasteiger partial charge in [-0.05, 0) is 39.9 Å². The monoisotopic (exact) mass is 199 g/mol. The van der Waals surface area contributed by atoms with Crippen molar-refractivity contribution < 1.29 is 0 Å². The van der Waals surface area contributed by atoms with Crippen LogP contribution < -0.4 is 5.73 Å². The zero-order valence-electron chi connectivity index (χ0n) is 9.87. The quantitative estimate of drug-likeness (QED) is 0.709. The molecule has 2 atom stereocenters. The van der Waals surface area contributed by atoms with E-state index in [4.69, 9.17) is 5.73 Å². The smallest absolute Gasteiger partial charge is 0.0220 e. The van der Waals surface area contributed by atoms with E-state index in [1.165, 1.54) is 25.9 Å². The van der Waals surface area contributed by atoms with Crippen LogP contribution in [0.3, 0.4) is 0 Å². The molecule has 0 aliphatic carbocycles. The van der Waals surface area contributed by atoms with Gasteiger partial charge in [0.2, 0.25) is 0 Å². The summed E-state index contributed by atoms with van der Waals surface area (Å²) in [5.74, 6) is 0. The lowest BCUT2D eigenvalue weighted by Crippen LogP contribution is -2.44. The van der Waals surface area contributed by atoms with Gasteiger partial charge in [0, 0.05) is 25.2 Å². The first kappa shape index (κ1) is 12.0. The molecular weight excluding hydrogens is 174 g/mol. The second-order valence-corrected chi connectivity index (χ2v) is 4.51. The van der Waals surface area contributed by atoms with Gasteiger partial charge in [0.25, 0.3) is 0 Å². The highest BCUT2D eigenvalue weighted by Crippen LogP contribution is 2.16. The maximum atomic E-state index is 5.74. The molecule has 1 aliphatic heterocycles. The summed E-state index contributed by atoms with van der Waals surface area (Å²) >= 11 is 0. The van der Waals surface area contributed by atoms with Crippen LogP contribution in [-0.4, -0.2) is 55.6 Å². The predicted molar refractivity (Wildman–Crippen MR) is 61.4 cm³/mol. The minimum Gasteiger partial charge on any atom is -0.329 e. The van der Waals surface area contributed by atoms with Gasteiger partial charge in [-0.25, -0.2) is 0 Å². The average Bonchev–Trinajstić information content (AvgIpc) is 2.54. The summed E-state index contributed by atoms with van der Waals surface area (Å²) in [5, 5.41) is 0. The van der Waals surface area contributed by atoms with Gasteiger partial charge in [0.1, 0.15) is 0 Å². The first-order chi connectivity index (χ1) is 6.69. The van der Waals surface area contributed by atoms with Crippen molar-refractivity contribution in [3.8, 4) is 0 Å². The largest absolute Gasteiger partial charge is 0.329 e. The normalized spacial score (nSPS) is 25.9. The number of likely N-dealkylation sites (tertiary alicyclic amines) is 1. The van der Waals surface area contributed by atoms with Gasteiger partial charge >= 0.3 is 0 Å². The minimum atomic E-state index is 0.559. The van der Waals surface area contributed by atoms with Crippen molar-refractivity contribution in [2.24, 2.45) is 5.73 Å². The Morgan fingerprint density at radius 2 is 2.29 bits per heavy atom. The Morgan fingerprint density at radius 3 is 2.71 bits per heavy atom. The molecule has 1 fully saturated rings. The number of likely N-dealkylation sites (N-methyl/N-ethyl adjacent to an activating group) is 2. The molecule has 1 saturated heterocycles. The zero-order chi connectivity index (χ0) is 10.6. The molecular formula is C11H25N3. The standard InChI is InChI=1S/C11H25N3/c1-4-10(8-12)14(3)9-11-6-5-7-13(11)2/h10-11H,4-9,12H2,1-3H3. The Balaban J connectivity index is 2.34. The molecule has 0 aromatic carbocycles. The number of nitrogens with zero attached hydrogens (tertiary/aromatic N) is 2. The van der Waals surface area contributed by atoms with Gasteiger partial charge in [-0.2, -0.15) is 0 Å². The van der Waals surface area contributed by atoms with Crippen molar-refractivity contribution >= 4 is 0 Å². The molecule has 0 aromatic heterocycles. The molecule has 14 heavy (non-hydrogen) atoms. The maximum Gasteiger partial charge on any atom is 0.0220 e. The second-order valence-electron chi connectivity index (χ2n) is 4.51. The van der Waals surface area contributed by atoms with Crippen LogP contribution in [0.4, 0.5) is 0 Å². The Labute approximate surface area is 88.2 Å². The van der Waals surface area contributed by atoms with E-state index >= 15 is 0 Å². The first-order valence-electron chi connectivity index (χ1n) is 5.79. The minimum absolute atomic E-state index is 0.559. The van der Waals surface area contributed by atoms with Crippen LogP contribution in [0.1, 0.15) is 26.2 Å². The number of hydrogen-bond donors (Lipinski definition) is 1. The number of nitrogens with two attached hydrogens (primary N) is 1. The van der Waals surface area contributed by atoms with E-state index in [1.807, 2.05) is 0 Å². The molecule has 0 amide bonds. The first-order valence-corrected chi connectivity index (χ1v) is 5.79. The van der Waals surface area contributed by atoms with Gasteiger partial charge in [-0.15, -0.1) is 0 Å². The summed E-state index contributed by atoms with van der Waals surface area (Å²) in [7, 11) is 4.43. The van der Waals surface area contributed by atoms with Gasteiger partial charge in [0.15, 0.2) is 0 Å². The van der Waals surface area contributed by atoms with Crippen LogP contribution in [0.5, 0.6) is 0 Å². The molecule has 2 unspecified atom stereocenters. The molecule has 0 saturated carbocycles. The Bertz CT molecular complexity index is 157. The summed E-state index contributed by atoms with van der Waals surface area (Å²) in [5.41, 5.74) is 5.74. The molecule has 0 radical (unpaired) electrons. The molecule has 0 aromatic rings. The van der Waals surface area contributed by atoms with Crippen LogP contribution in [-0.2, 0) is 0 Å².